The Morgan fingerprint density at radius 1 is 0.520 bits per heavy atom. The normalized spacial score (nSPS) is 20.1. The van der Waals surface area contributed by atoms with Crippen molar-refractivity contribution in [3.05, 3.63) is 162 Å². The zero-order chi connectivity index (χ0) is 33.0. The Hall–Kier alpha value is -5.34. The molecule has 4 aliphatic carbocycles. The summed E-state index contributed by atoms with van der Waals surface area (Å²) in [6.07, 6.45) is 32.9. The van der Waals surface area contributed by atoms with Crippen molar-refractivity contribution < 1.29 is 0 Å². The SMILES string of the molecule is C1=CCC(n2c3c(c4ccc(-c5cccc(-c6ccc7c(c6)c6ccccc6n7C6C=CC(C7=CCCCC7)=CC6)c5)cc42)C=CCC3)C=C1. The van der Waals surface area contributed by atoms with E-state index in [9.17, 15) is 0 Å². The van der Waals surface area contributed by atoms with Crippen LogP contribution in [-0.2, 0) is 6.42 Å². The van der Waals surface area contributed by atoms with Gasteiger partial charge in [0, 0.05) is 38.4 Å². The lowest BCUT2D eigenvalue weighted by molar-refractivity contribution is 0.599. The Morgan fingerprint density at radius 2 is 1.36 bits per heavy atom. The number of nitrogens with zero attached hydrogens (tertiary/aromatic N) is 2. The van der Waals surface area contributed by atoms with Crippen molar-refractivity contribution in [2.75, 3.05) is 0 Å². The Labute approximate surface area is 294 Å². The number of para-hydroxylation sites is 1. The highest BCUT2D eigenvalue weighted by Gasteiger charge is 2.23. The third-order valence-corrected chi connectivity index (χ3v) is 11.6. The molecule has 4 aromatic carbocycles. The molecule has 2 heterocycles. The molecule has 0 radical (unpaired) electrons. The minimum Gasteiger partial charge on any atom is -0.337 e. The van der Waals surface area contributed by atoms with Crippen LogP contribution in [0.3, 0.4) is 0 Å². The van der Waals surface area contributed by atoms with Crippen molar-refractivity contribution in [1.29, 1.82) is 0 Å². The second kappa shape index (κ2) is 12.2. The summed E-state index contributed by atoms with van der Waals surface area (Å²) in [5.41, 5.74) is 14.9. The van der Waals surface area contributed by atoms with Crippen molar-refractivity contribution in [3.8, 4) is 22.3 Å². The van der Waals surface area contributed by atoms with Crippen molar-refractivity contribution >= 4 is 38.8 Å². The van der Waals surface area contributed by atoms with Crippen LogP contribution in [0.1, 0.15) is 68.3 Å². The van der Waals surface area contributed by atoms with E-state index in [4.69, 9.17) is 0 Å². The molecule has 0 spiro atoms. The van der Waals surface area contributed by atoms with E-state index < -0.39 is 0 Å². The number of allylic oxidation sites excluding steroid dienone is 11. The van der Waals surface area contributed by atoms with E-state index in [1.54, 1.807) is 5.57 Å². The fraction of sp³-hybridized carbons (Fsp3) is 0.208. The van der Waals surface area contributed by atoms with Crippen LogP contribution in [0.4, 0.5) is 0 Å². The zero-order valence-electron chi connectivity index (χ0n) is 28.6. The molecule has 0 saturated heterocycles. The largest absolute Gasteiger partial charge is 0.337 e. The molecule has 2 aromatic heterocycles. The first-order valence-corrected chi connectivity index (χ1v) is 18.7. The maximum absolute atomic E-state index is 2.62. The molecule has 2 unspecified atom stereocenters. The van der Waals surface area contributed by atoms with E-state index in [2.05, 4.69) is 155 Å². The molecule has 2 atom stereocenters. The first-order chi connectivity index (χ1) is 24.8. The molecule has 0 saturated carbocycles. The Morgan fingerprint density at radius 3 is 2.20 bits per heavy atom. The lowest BCUT2D eigenvalue weighted by Gasteiger charge is -2.22. The highest BCUT2D eigenvalue weighted by molar-refractivity contribution is 6.09. The van der Waals surface area contributed by atoms with Gasteiger partial charge < -0.3 is 9.13 Å². The number of rotatable bonds is 5. The van der Waals surface area contributed by atoms with Crippen LogP contribution in [0.5, 0.6) is 0 Å². The minimum absolute atomic E-state index is 0.315. The molecular weight excluding hydrogens is 605 g/mol. The van der Waals surface area contributed by atoms with E-state index in [-0.39, 0.29) is 0 Å². The lowest BCUT2D eigenvalue weighted by atomic mass is 9.89. The molecule has 4 aliphatic rings. The van der Waals surface area contributed by atoms with E-state index in [1.165, 1.54) is 97.5 Å². The van der Waals surface area contributed by atoms with Crippen LogP contribution in [-0.4, -0.2) is 9.13 Å². The number of benzene rings is 4. The highest BCUT2D eigenvalue weighted by Crippen LogP contribution is 2.41. The Bertz CT molecular complexity index is 2500. The average molecular weight is 647 g/mol. The maximum atomic E-state index is 2.62. The third kappa shape index (κ3) is 4.92. The lowest BCUT2D eigenvalue weighted by Crippen LogP contribution is -2.11. The second-order valence-corrected chi connectivity index (χ2v) is 14.5. The van der Waals surface area contributed by atoms with Crippen molar-refractivity contribution in [3.63, 3.8) is 0 Å². The zero-order valence-corrected chi connectivity index (χ0v) is 28.6. The van der Waals surface area contributed by atoms with Crippen LogP contribution in [0, 0.1) is 0 Å². The van der Waals surface area contributed by atoms with Crippen molar-refractivity contribution in [1.82, 2.24) is 9.13 Å². The molecule has 2 heteroatoms. The summed E-state index contributed by atoms with van der Waals surface area (Å²) in [5, 5.41) is 4.02. The summed E-state index contributed by atoms with van der Waals surface area (Å²) in [7, 11) is 0. The van der Waals surface area contributed by atoms with Crippen LogP contribution in [0.15, 0.2) is 151 Å². The predicted octanol–water partition coefficient (Wildman–Crippen LogP) is 13.0. The van der Waals surface area contributed by atoms with Gasteiger partial charge in [0.2, 0.25) is 0 Å². The first-order valence-electron chi connectivity index (χ1n) is 18.7. The van der Waals surface area contributed by atoms with Gasteiger partial charge >= 0.3 is 0 Å². The predicted molar refractivity (Wildman–Crippen MR) is 213 cm³/mol. The van der Waals surface area contributed by atoms with E-state index in [1.807, 2.05) is 0 Å². The van der Waals surface area contributed by atoms with Gasteiger partial charge in [0.1, 0.15) is 0 Å². The summed E-state index contributed by atoms with van der Waals surface area (Å²) >= 11 is 0. The summed E-state index contributed by atoms with van der Waals surface area (Å²) in [6, 6.07) is 33.0. The monoisotopic (exact) mass is 646 g/mol. The highest BCUT2D eigenvalue weighted by atomic mass is 15.0. The Kier molecular flexibility index (Phi) is 7.22. The van der Waals surface area contributed by atoms with Crippen LogP contribution in [0.25, 0.3) is 61.0 Å². The van der Waals surface area contributed by atoms with Crippen molar-refractivity contribution in [2.45, 2.75) is 63.5 Å². The molecule has 50 heavy (non-hydrogen) atoms. The molecule has 6 aromatic rings. The van der Waals surface area contributed by atoms with Crippen LogP contribution >= 0.6 is 0 Å². The van der Waals surface area contributed by atoms with E-state index in [0.29, 0.717) is 12.1 Å². The standard InChI is InChI=1S/C48H42N2/c1-3-12-33(13-4-1)34-22-26-40(27-23-34)49-46-21-10-8-19-42(46)44-31-37(25-29-47(44)49)35-14-11-15-36(30-35)38-24-28-43-41-18-7-9-20-45(41)50(48(43)32-38)39-16-5-2-6-17-39/h2,5-8,10-12,14-16,18-19,21-26,28-32,39-40H,1,3-4,9,13,17,20,27H2. The molecule has 0 amide bonds. The smallest absolute Gasteiger partial charge is 0.0560 e. The van der Waals surface area contributed by atoms with Gasteiger partial charge in [0.15, 0.2) is 0 Å². The Balaban J connectivity index is 1.02. The molecule has 244 valence electrons. The third-order valence-electron chi connectivity index (χ3n) is 11.6. The topological polar surface area (TPSA) is 9.86 Å². The summed E-state index contributed by atoms with van der Waals surface area (Å²) in [5.74, 6) is 0. The molecule has 0 fully saturated rings. The second-order valence-electron chi connectivity index (χ2n) is 14.5. The van der Waals surface area contributed by atoms with Crippen molar-refractivity contribution in [2.24, 2.45) is 0 Å². The van der Waals surface area contributed by atoms with Gasteiger partial charge in [-0.2, -0.15) is 0 Å². The minimum atomic E-state index is 0.315. The fourth-order valence-electron chi connectivity index (χ4n) is 9.13. The summed E-state index contributed by atoms with van der Waals surface area (Å²) < 4.78 is 5.19. The molecule has 0 aliphatic heterocycles. The quantitative estimate of drug-likeness (QED) is 0.176. The van der Waals surface area contributed by atoms with Gasteiger partial charge in [-0.05, 0) is 115 Å². The van der Waals surface area contributed by atoms with Gasteiger partial charge in [0.25, 0.3) is 0 Å². The number of fused-ring (bicyclic) bond motifs is 6. The van der Waals surface area contributed by atoms with Gasteiger partial charge in [-0.3, -0.25) is 0 Å². The summed E-state index contributed by atoms with van der Waals surface area (Å²) in [6.45, 7) is 0. The first kappa shape index (κ1) is 29.6. The van der Waals surface area contributed by atoms with E-state index >= 15 is 0 Å². The van der Waals surface area contributed by atoms with Gasteiger partial charge in [0.05, 0.1) is 17.6 Å². The molecular formula is C48H42N2. The number of hydrogen-bond donors (Lipinski definition) is 0. The number of aromatic nitrogens is 2. The number of hydrogen-bond acceptors (Lipinski definition) is 0. The van der Waals surface area contributed by atoms with Crippen LogP contribution in [0.2, 0.25) is 0 Å². The summed E-state index contributed by atoms with van der Waals surface area (Å²) in [4.78, 5) is 0. The van der Waals surface area contributed by atoms with Gasteiger partial charge in [-0.1, -0.05) is 115 Å². The molecule has 0 N–H and O–H groups in total. The fourth-order valence-corrected chi connectivity index (χ4v) is 9.13. The van der Waals surface area contributed by atoms with Gasteiger partial charge in [-0.15, -0.1) is 0 Å². The maximum Gasteiger partial charge on any atom is 0.0560 e. The molecule has 10 rings (SSSR count). The molecule has 2 nitrogen and oxygen atoms in total. The van der Waals surface area contributed by atoms with E-state index in [0.717, 1.165) is 25.7 Å². The van der Waals surface area contributed by atoms with Gasteiger partial charge in [-0.25, -0.2) is 0 Å². The average Bonchev–Trinajstić information content (AvgIpc) is 3.71. The molecule has 0 bridgehead atoms. The van der Waals surface area contributed by atoms with Crippen LogP contribution < -0.4 is 0 Å².